The van der Waals surface area contributed by atoms with Crippen LogP contribution in [0.2, 0.25) is 0 Å². The van der Waals surface area contributed by atoms with E-state index in [-0.39, 0.29) is 12.5 Å². The van der Waals surface area contributed by atoms with Crippen molar-refractivity contribution in [2.45, 2.75) is 13.0 Å². The lowest BCUT2D eigenvalue weighted by Gasteiger charge is -2.03. The van der Waals surface area contributed by atoms with Gasteiger partial charge in [-0.1, -0.05) is 5.21 Å². The Bertz CT molecular complexity index is 260. The molecule has 0 aliphatic heterocycles. The fourth-order valence-corrected chi connectivity index (χ4v) is 1.00. The van der Waals surface area contributed by atoms with Crippen molar-refractivity contribution in [1.82, 2.24) is 20.3 Å². The molecule has 1 N–H and O–H groups in total. The fourth-order valence-electron chi connectivity index (χ4n) is 1.00. The third-order valence-corrected chi connectivity index (χ3v) is 1.63. The SMILES string of the molecule is COCC(=O)NCCCn1ccnn1. The molecule has 6 nitrogen and oxygen atoms in total. The molecule has 1 amide bonds. The van der Waals surface area contributed by atoms with Crippen LogP contribution in [-0.4, -0.2) is 41.2 Å². The first-order valence-electron chi connectivity index (χ1n) is 4.42. The number of carbonyl (C=O) groups excluding carboxylic acids is 1. The van der Waals surface area contributed by atoms with Crippen LogP contribution >= 0.6 is 0 Å². The standard InChI is InChI=1S/C8H14N4O2/c1-14-7-8(13)9-3-2-5-12-6-4-10-11-12/h4,6H,2-3,5,7H2,1H3,(H,9,13). The van der Waals surface area contributed by atoms with Crippen LogP contribution in [-0.2, 0) is 16.1 Å². The Labute approximate surface area is 82.2 Å². The molecule has 0 atom stereocenters. The summed E-state index contributed by atoms with van der Waals surface area (Å²) in [5.74, 6) is -0.0916. The Morgan fingerprint density at radius 3 is 3.14 bits per heavy atom. The van der Waals surface area contributed by atoms with Gasteiger partial charge in [-0.15, -0.1) is 5.10 Å². The summed E-state index contributed by atoms with van der Waals surface area (Å²) in [6, 6.07) is 0. The van der Waals surface area contributed by atoms with Gasteiger partial charge >= 0.3 is 0 Å². The first-order chi connectivity index (χ1) is 6.83. The third kappa shape index (κ3) is 3.99. The number of ether oxygens (including phenoxy) is 1. The van der Waals surface area contributed by atoms with E-state index in [9.17, 15) is 4.79 Å². The second-order valence-corrected chi connectivity index (χ2v) is 2.80. The molecular weight excluding hydrogens is 184 g/mol. The molecule has 0 radical (unpaired) electrons. The number of nitrogens with one attached hydrogen (secondary N) is 1. The van der Waals surface area contributed by atoms with Crippen LogP contribution in [0.4, 0.5) is 0 Å². The molecule has 6 heteroatoms. The van der Waals surface area contributed by atoms with E-state index in [0.717, 1.165) is 13.0 Å². The van der Waals surface area contributed by atoms with Gasteiger partial charge in [-0.2, -0.15) is 0 Å². The highest BCUT2D eigenvalue weighted by Crippen LogP contribution is 1.85. The van der Waals surface area contributed by atoms with Gasteiger partial charge < -0.3 is 10.1 Å². The van der Waals surface area contributed by atoms with Gasteiger partial charge in [0, 0.05) is 26.4 Å². The number of rotatable bonds is 6. The summed E-state index contributed by atoms with van der Waals surface area (Å²) in [6.07, 6.45) is 4.25. The predicted octanol–water partition coefficient (Wildman–Crippen LogP) is -0.569. The Morgan fingerprint density at radius 2 is 2.50 bits per heavy atom. The highest BCUT2D eigenvalue weighted by molar-refractivity contribution is 5.77. The van der Waals surface area contributed by atoms with Crippen molar-refractivity contribution in [3.63, 3.8) is 0 Å². The van der Waals surface area contributed by atoms with Crippen molar-refractivity contribution >= 4 is 5.91 Å². The number of aryl methyl sites for hydroxylation is 1. The van der Waals surface area contributed by atoms with Gasteiger partial charge in [0.05, 0.1) is 6.20 Å². The second-order valence-electron chi connectivity index (χ2n) is 2.80. The van der Waals surface area contributed by atoms with E-state index in [2.05, 4.69) is 20.4 Å². The van der Waals surface area contributed by atoms with E-state index in [4.69, 9.17) is 0 Å². The van der Waals surface area contributed by atoms with Crippen molar-refractivity contribution in [1.29, 1.82) is 0 Å². The highest BCUT2D eigenvalue weighted by Gasteiger charge is 1.98. The van der Waals surface area contributed by atoms with E-state index >= 15 is 0 Å². The Hall–Kier alpha value is -1.43. The number of hydrogen-bond acceptors (Lipinski definition) is 4. The number of amides is 1. The Kier molecular flexibility index (Phi) is 4.63. The molecule has 0 aliphatic carbocycles. The fraction of sp³-hybridized carbons (Fsp3) is 0.625. The molecule has 0 aromatic carbocycles. The molecule has 1 heterocycles. The zero-order valence-electron chi connectivity index (χ0n) is 8.14. The summed E-state index contributed by atoms with van der Waals surface area (Å²) < 4.78 is 6.39. The van der Waals surface area contributed by atoms with E-state index < -0.39 is 0 Å². The first-order valence-corrected chi connectivity index (χ1v) is 4.42. The van der Waals surface area contributed by atoms with Gasteiger partial charge in [0.2, 0.25) is 5.91 Å². The molecule has 0 saturated carbocycles. The predicted molar refractivity (Wildman–Crippen MR) is 49.5 cm³/mol. The summed E-state index contributed by atoms with van der Waals surface area (Å²) in [4.78, 5) is 10.9. The monoisotopic (exact) mass is 198 g/mol. The quantitative estimate of drug-likeness (QED) is 0.621. The van der Waals surface area contributed by atoms with E-state index in [1.54, 1.807) is 17.1 Å². The van der Waals surface area contributed by atoms with Crippen molar-refractivity contribution in [2.24, 2.45) is 0 Å². The molecular formula is C8H14N4O2. The molecule has 0 spiro atoms. The van der Waals surface area contributed by atoms with Crippen LogP contribution in [0.3, 0.4) is 0 Å². The summed E-state index contributed by atoms with van der Waals surface area (Å²) in [6.45, 7) is 1.50. The van der Waals surface area contributed by atoms with Crippen LogP contribution in [0.5, 0.6) is 0 Å². The smallest absolute Gasteiger partial charge is 0.245 e. The molecule has 0 saturated heterocycles. The van der Waals surface area contributed by atoms with Crippen LogP contribution in [0.1, 0.15) is 6.42 Å². The molecule has 0 aliphatic rings. The second kappa shape index (κ2) is 6.09. The van der Waals surface area contributed by atoms with Crippen molar-refractivity contribution < 1.29 is 9.53 Å². The van der Waals surface area contributed by atoms with Crippen molar-refractivity contribution in [3.8, 4) is 0 Å². The molecule has 1 aromatic rings. The number of aromatic nitrogens is 3. The van der Waals surface area contributed by atoms with Crippen LogP contribution in [0, 0.1) is 0 Å². The van der Waals surface area contributed by atoms with Gasteiger partial charge in [-0.3, -0.25) is 9.48 Å². The minimum atomic E-state index is -0.0916. The van der Waals surface area contributed by atoms with Crippen LogP contribution in [0.15, 0.2) is 12.4 Å². The Balaban J connectivity index is 2.02. The average molecular weight is 198 g/mol. The van der Waals surface area contributed by atoms with Gasteiger partial charge in [0.15, 0.2) is 0 Å². The molecule has 1 aromatic heterocycles. The summed E-state index contributed by atoms with van der Waals surface area (Å²) in [5, 5.41) is 10.2. The lowest BCUT2D eigenvalue weighted by molar-refractivity contribution is -0.124. The van der Waals surface area contributed by atoms with Gasteiger partial charge in [0.1, 0.15) is 6.61 Å². The first kappa shape index (κ1) is 10.6. The van der Waals surface area contributed by atoms with Gasteiger partial charge in [0.25, 0.3) is 0 Å². The molecule has 14 heavy (non-hydrogen) atoms. The normalized spacial score (nSPS) is 10.1. The summed E-state index contributed by atoms with van der Waals surface area (Å²) >= 11 is 0. The molecule has 0 bridgehead atoms. The number of carbonyl (C=O) groups is 1. The zero-order chi connectivity index (χ0) is 10.2. The maximum absolute atomic E-state index is 10.9. The Morgan fingerprint density at radius 1 is 1.64 bits per heavy atom. The van der Waals surface area contributed by atoms with Gasteiger partial charge in [-0.25, -0.2) is 0 Å². The minimum Gasteiger partial charge on any atom is -0.375 e. The molecule has 78 valence electrons. The lowest BCUT2D eigenvalue weighted by atomic mass is 10.4. The molecule has 0 fully saturated rings. The van der Waals surface area contributed by atoms with E-state index in [1.807, 2.05) is 0 Å². The topological polar surface area (TPSA) is 69.0 Å². The average Bonchev–Trinajstić information content (AvgIpc) is 2.65. The lowest BCUT2D eigenvalue weighted by Crippen LogP contribution is -2.28. The highest BCUT2D eigenvalue weighted by atomic mass is 16.5. The van der Waals surface area contributed by atoms with Crippen LogP contribution < -0.4 is 5.32 Å². The maximum atomic E-state index is 10.9. The van der Waals surface area contributed by atoms with Crippen molar-refractivity contribution in [2.75, 3.05) is 20.3 Å². The van der Waals surface area contributed by atoms with Crippen molar-refractivity contribution in [3.05, 3.63) is 12.4 Å². The molecule has 1 rings (SSSR count). The third-order valence-electron chi connectivity index (χ3n) is 1.63. The van der Waals surface area contributed by atoms with E-state index in [1.165, 1.54) is 7.11 Å². The maximum Gasteiger partial charge on any atom is 0.245 e. The molecule has 0 unspecified atom stereocenters. The largest absolute Gasteiger partial charge is 0.375 e. The summed E-state index contributed by atoms with van der Waals surface area (Å²) in [7, 11) is 1.50. The number of hydrogen-bond donors (Lipinski definition) is 1. The number of nitrogens with zero attached hydrogens (tertiary/aromatic N) is 3. The van der Waals surface area contributed by atoms with Crippen LogP contribution in [0.25, 0.3) is 0 Å². The van der Waals surface area contributed by atoms with E-state index in [0.29, 0.717) is 6.54 Å². The number of methoxy groups -OCH3 is 1. The summed E-state index contributed by atoms with van der Waals surface area (Å²) in [5.41, 5.74) is 0. The zero-order valence-corrected chi connectivity index (χ0v) is 8.14. The minimum absolute atomic E-state index is 0.0916. The van der Waals surface area contributed by atoms with Gasteiger partial charge in [-0.05, 0) is 6.42 Å².